The average Bonchev–Trinajstić information content (AvgIpc) is 2.93. The number of hydrogen-bond acceptors (Lipinski definition) is 4. The van der Waals surface area contributed by atoms with Gasteiger partial charge in [-0.25, -0.2) is 4.98 Å². The minimum absolute atomic E-state index is 0.0384. The van der Waals surface area contributed by atoms with Crippen LogP contribution in [0.15, 0.2) is 28.4 Å². The van der Waals surface area contributed by atoms with Crippen LogP contribution in [0, 0.1) is 6.92 Å². The molecule has 0 saturated carbocycles. The number of aryl methyl sites for hydroxylation is 1. The summed E-state index contributed by atoms with van der Waals surface area (Å²) in [6.45, 7) is 3.62. The molecular weight excluding hydrogens is 367 g/mol. The lowest BCUT2D eigenvalue weighted by molar-refractivity contribution is -0.117. The zero-order valence-electron chi connectivity index (χ0n) is 13.1. The molecule has 0 radical (unpaired) electrons. The van der Waals surface area contributed by atoms with Crippen LogP contribution in [0.2, 0.25) is 10.0 Å². The zero-order chi connectivity index (χ0) is 17.4. The predicted octanol–water partition coefficient (Wildman–Crippen LogP) is 4.72. The van der Waals surface area contributed by atoms with Crippen molar-refractivity contribution in [3.8, 4) is 11.1 Å². The van der Waals surface area contributed by atoms with Gasteiger partial charge in [-0.1, -0.05) is 29.3 Å². The molecule has 0 atom stereocenters. The van der Waals surface area contributed by atoms with Crippen molar-refractivity contribution in [3.05, 3.63) is 49.8 Å². The van der Waals surface area contributed by atoms with Gasteiger partial charge in [0.2, 0.25) is 0 Å². The quantitative estimate of drug-likeness (QED) is 0.657. The largest absolute Gasteiger partial charge is 0.300 e. The topological polar surface area (TPSA) is 52.0 Å². The SMILES string of the molecule is CC(=O)CCn1c(C)nc2scc(-c3ccc(Cl)c(Cl)c3)c2c1=O. The number of hydrogen-bond donors (Lipinski definition) is 0. The number of aromatic nitrogens is 2. The Hall–Kier alpha value is -1.69. The van der Waals surface area contributed by atoms with Crippen LogP contribution in [0.5, 0.6) is 0 Å². The van der Waals surface area contributed by atoms with Crippen LogP contribution in [0.25, 0.3) is 21.3 Å². The molecule has 0 amide bonds. The highest BCUT2D eigenvalue weighted by atomic mass is 35.5. The van der Waals surface area contributed by atoms with E-state index in [1.54, 1.807) is 23.6 Å². The van der Waals surface area contributed by atoms with Gasteiger partial charge in [0.25, 0.3) is 5.56 Å². The van der Waals surface area contributed by atoms with Crippen molar-refractivity contribution in [1.82, 2.24) is 9.55 Å². The first-order chi connectivity index (χ1) is 11.4. The van der Waals surface area contributed by atoms with Gasteiger partial charge in [0.05, 0.1) is 15.4 Å². The van der Waals surface area contributed by atoms with Crippen LogP contribution in [0.1, 0.15) is 19.2 Å². The molecule has 0 saturated heterocycles. The monoisotopic (exact) mass is 380 g/mol. The molecule has 2 heterocycles. The van der Waals surface area contributed by atoms with Crippen LogP contribution < -0.4 is 5.56 Å². The molecule has 4 nitrogen and oxygen atoms in total. The molecule has 3 rings (SSSR count). The molecule has 0 fully saturated rings. The summed E-state index contributed by atoms with van der Waals surface area (Å²) in [6.07, 6.45) is 0.306. The molecule has 7 heteroatoms. The van der Waals surface area contributed by atoms with Gasteiger partial charge in [-0.2, -0.15) is 0 Å². The summed E-state index contributed by atoms with van der Waals surface area (Å²) in [5.74, 6) is 0.646. The van der Waals surface area contributed by atoms with Crippen LogP contribution >= 0.6 is 34.5 Å². The fourth-order valence-electron chi connectivity index (χ4n) is 2.53. The Bertz CT molecular complexity index is 1010. The normalized spacial score (nSPS) is 11.2. The number of nitrogens with zero attached hydrogens (tertiary/aromatic N) is 2. The Morgan fingerprint density at radius 3 is 2.71 bits per heavy atom. The minimum atomic E-state index is -0.138. The van der Waals surface area contributed by atoms with E-state index < -0.39 is 0 Å². The molecule has 0 unspecified atom stereocenters. The van der Waals surface area contributed by atoms with Crippen molar-refractivity contribution in [2.24, 2.45) is 0 Å². The summed E-state index contributed by atoms with van der Waals surface area (Å²) in [6, 6.07) is 5.28. The van der Waals surface area contributed by atoms with E-state index >= 15 is 0 Å². The number of carbonyl (C=O) groups excluding carboxylic acids is 1. The van der Waals surface area contributed by atoms with Crippen LogP contribution in [-0.4, -0.2) is 15.3 Å². The second-order valence-electron chi connectivity index (χ2n) is 5.53. The lowest BCUT2D eigenvalue weighted by Gasteiger charge is -2.09. The van der Waals surface area contributed by atoms with E-state index in [0.29, 0.717) is 39.1 Å². The first-order valence-corrected chi connectivity index (χ1v) is 8.95. The van der Waals surface area contributed by atoms with Crippen LogP contribution in [0.3, 0.4) is 0 Å². The highest BCUT2D eigenvalue weighted by molar-refractivity contribution is 7.17. The predicted molar refractivity (Wildman–Crippen MR) is 99.4 cm³/mol. The standard InChI is InChI=1S/C17H14Cl2N2O2S/c1-9(22)5-6-21-10(2)20-16-15(17(21)23)12(8-24-16)11-3-4-13(18)14(19)7-11/h3-4,7-8H,5-6H2,1-2H3. The van der Waals surface area contributed by atoms with Gasteiger partial charge in [0, 0.05) is 23.9 Å². The number of Topliss-reactive ketones (excluding diaryl/α,β-unsaturated/α-hetero) is 1. The van der Waals surface area contributed by atoms with Gasteiger partial charge in [0.1, 0.15) is 16.4 Å². The molecule has 124 valence electrons. The maximum absolute atomic E-state index is 12.9. The van der Waals surface area contributed by atoms with Gasteiger partial charge < -0.3 is 0 Å². The lowest BCUT2D eigenvalue weighted by atomic mass is 10.1. The molecule has 2 aromatic heterocycles. The molecule has 0 aliphatic heterocycles. The Labute approximate surface area is 152 Å². The molecule has 3 aromatic rings. The van der Waals surface area contributed by atoms with Crippen molar-refractivity contribution in [2.45, 2.75) is 26.8 Å². The van der Waals surface area contributed by atoms with E-state index in [2.05, 4.69) is 4.98 Å². The molecule has 0 aliphatic rings. The number of ketones is 1. The number of benzene rings is 1. The van der Waals surface area contributed by atoms with E-state index in [0.717, 1.165) is 11.1 Å². The summed E-state index contributed by atoms with van der Waals surface area (Å²) in [4.78, 5) is 29.4. The summed E-state index contributed by atoms with van der Waals surface area (Å²) in [7, 11) is 0. The Balaban J connectivity index is 2.20. The van der Waals surface area contributed by atoms with E-state index in [1.165, 1.54) is 18.3 Å². The van der Waals surface area contributed by atoms with Gasteiger partial charge in [-0.15, -0.1) is 11.3 Å². The van der Waals surface area contributed by atoms with Gasteiger partial charge in [-0.3, -0.25) is 14.2 Å². The molecule has 0 spiro atoms. The summed E-state index contributed by atoms with van der Waals surface area (Å²) in [5, 5.41) is 3.35. The number of fused-ring (bicyclic) bond motifs is 1. The molecular formula is C17H14Cl2N2O2S. The van der Waals surface area contributed by atoms with Crippen LogP contribution in [0.4, 0.5) is 0 Å². The summed E-state index contributed by atoms with van der Waals surface area (Å²) >= 11 is 13.5. The number of carbonyl (C=O) groups is 1. The Morgan fingerprint density at radius 2 is 2.04 bits per heavy atom. The highest BCUT2D eigenvalue weighted by Gasteiger charge is 2.16. The molecule has 0 aliphatic carbocycles. The smallest absolute Gasteiger partial charge is 0.262 e. The van der Waals surface area contributed by atoms with Crippen molar-refractivity contribution in [3.63, 3.8) is 0 Å². The third-order valence-corrected chi connectivity index (χ3v) is 5.41. The maximum atomic E-state index is 12.9. The average molecular weight is 381 g/mol. The van der Waals surface area contributed by atoms with Crippen molar-refractivity contribution in [1.29, 1.82) is 0 Å². The highest BCUT2D eigenvalue weighted by Crippen LogP contribution is 2.34. The molecule has 0 N–H and O–H groups in total. The fourth-order valence-corrected chi connectivity index (χ4v) is 3.82. The fraction of sp³-hybridized carbons (Fsp3) is 0.235. The van der Waals surface area contributed by atoms with Gasteiger partial charge >= 0.3 is 0 Å². The minimum Gasteiger partial charge on any atom is -0.300 e. The zero-order valence-corrected chi connectivity index (χ0v) is 15.4. The Morgan fingerprint density at radius 1 is 1.29 bits per heavy atom. The number of rotatable bonds is 4. The van der Waals surface area contributed by atoms with Crippen LogP contribution in [-0.2, 0) is 11.3 Å². The van der Waals surface area contributed by atoms with Crippen molar-refractivity contribution < 1.29 is 4.79 Å². The van der Waals surface area contributed by atoms with Gasteiger partial charge in [-0.05, 0) is 31.5 Å². The van der Waals surface area contributed by atoms with Crippen molar-refractivity contribution >= 4 is 50.5 Å². The summed E-state index contributed by atoms with van der Waals surface area (Å²) in [5.41, 5.74) is 1.46. The van der Waals surface area contributed by atoms with E-state index in [9.17, 15) is 9.59 Å². The second kappa shape index (κ2) is 6.67. The Kier molecular flexibility index (Phi) is 4.76. The summed E-state index contributed by atoms with van der Waals surface area (Å²) < 4.78 is 1.55. The third-order valence-electron chi connectivity index (χ3n) is 3.80. The molecule has 0 bridgehead atoms. The number of thiophene rings is 1. The first kappa shape index (κ1) is 17.1. The van der Waals surface area contributed by atoms with E-state index in [-0.39, 0.29) is 11.3 Å². The van der Waals surface area contributed by atoms with E-state index in [1.807, 2.05) is 11.4 Å². The van der Waals surface area contributed by atoms with Crippen molar-refractivity contribution in [2.75, 3.05) is 0 Å². The molecule has 24 heavy (non-hydrogen) atoms. The van der Waals surface area contributed by atoms with Gasteiger partial charge in [0.15, 0.2) is 0 Å². The second-order valence-corrected chi connectivity index (χ2v) is 7.20. The number of halogens is 2. The molecule has 1 aromatic carbocycles. The maximum Gasteiger partial charge on any atom is 0.262 e. The first-order valence-electron chi connectivity index (χ1n) is 7.32. The van der Waals surface area contributed by atoms with E-state index in [4.69, 9.17) is 23.2 Å². The lowest BCUT2D eigenvalue weighted by Crippen LogP contribution is -2.24. The third kappa shape index (κ3) is 3.11.